The molecule has 5 heteroatoms. The van der Waals surface area contributed by atoms with E-state index >= 15 is 0 Å². The van der Waals surface area contributed by atoms with Crippen LogP contribution in [0.1, 0.15) is 19.4 Å². The molecule has 0 radical (unpaired) electrons. The molecule has 76 valence electrons. The van der Waals surface area contributed by atoms with Gasteiger partial charge in [-0.25, -0.2) is 4.68 Å². The van der Waals surface area contributed by atoms with E-state index in [1.807, 2.05) is 13.8 Å². The van der Waals surface area contributed by atoms with Crippen LogP contribution in [0.2, 0.25) is 5.15 Å². The molecule has 0 spiro atoms. The van der Waals surface area contributed by atoms with Crippen molar-refractivity contribution in [3.8, 4) is 0 Å². The molecule has 1 aromatic heterocycles. The zero-order valence-electron chi connectivity index (χ0n) is 8.43. The van der Waals surface area contributed by atoms with E-state index in [4.69, 9.17) is 22.4 Å². The maximum atomic E-state index is 7.71. The van der Waals surface area contributed by atoms with Crippen LogP contribution in [0.5, 0.6) is 0 Å². The van der Waals surface area contributed by atoms with E-state index in [2.05, 4.69) is 5.10 Å². The first-order chi connectivity index (χ1) is 6.43. The highest BCUT2D eigenvalue weighted by Gasteiger charge is 2.08. The minimum absolute atomic E-state index is 0.0235. The van der Waals surface area contributed by atoms with Crippen LogP contribution in [0.4, 0.5) is 0 Å². The summed E-state index contributed by atoms with van der Waals surface area (Å²) in [6.45, 7) is 5.55. The summed E-state index contributed by atoms with van der Waals surface area (Å²) in [6, 6.07) is 1.60. The summed E-state index contributed by atoms with van der Waals surface area (Å²) < 4.78 is 1.25. The van der Waals surface area contributed by atoms with Crippen LogP contribution in [0, 0.1) is 23.7 Å². The lowest BCUT2D eigenvalue weighted by Gasteiger charge is -2.11. The third-order valence-corrected chi connectivity index (χ3v) is 2.24. The quantitative estimate of drug-likeness (QED) is 0.541. The molecule has 1 aromatic rings. The van der Waals surface area contributed by atoms with E-state index in [1.54, 1.807) is 13.0 Å². The van der Waals surface area contributed by atoms with Crippen molar-refractivity contribution in [1.82, 2.24) is 9.78 Å². The highest BCUT2D eigenvalue weighted by Crippen LogP contribution is 2.07. The molecule has 2 N–H and O–H groups in total. The fraction of sp³-hybridized carbons (Fsp3) is 0.444. The van der Waals surface area contributed by atoms with Crippen LogP contribution in [0.15, 0.2) is 6.07 Å². The summed E-state index contributed by atoms with van der Waals surface area (Å²) in [5.41, 5.74) is 0.940. The summed E-state index contributed by atoms with van der Waals surface area (Å²) in [5.74, 6) is 0.298. The van der Waals surface area contributed by atoms with Gasteiger partial charge in [-0.15, -0.1) is 0 Å². The van der Waals surface area contributed by atoms with E-state index in [0.717, 1.165) is 5.56 Å². The summed E-state index contributed by atoms with van der Waals surface area (Å²) in [5, 5.41) is 19.7. The Bertz CT molecular complexity index is 419. The molecule has 0 atom stereocenters. The maximum absolute atomic E-state index is 7.71. The molecular weight excluding hydrogens is 200 g/mol. The zero-order chi connectivity index (χ0) is 10.9. The van der Waals surface area contributed by atoms with Crippen molar-refractivity contribution in [2.75, 3.05) is 0 Å². The number of hydrogen-bond donors (Lipinski definition) is 2. The van der Waals surface area contributed by atoms with Crippen molar-refractivity contribution in [3.05, 3.63) is 22.3 Å². The van der Waals surface area contributed by atoms with Crippen molar-refractivity contribution in [1.29, 1.82) is 10.8 Å². The first kappa shape index (κ1) is 10.9. The molecule has 0 amide bonds. The van der Waals surface area contributed by atoms with Crippen molar-refractivity contribution < 1.29 is 0 Å². The Hall–Kier alpha value is -1.16. The van der Waals surface area contributed by atoms with Crippen LogP contribution in [0.3, 0.4) is 0 Å². The predicted molar refractivity (Wildman–Crippen MR) is 55.8 cm³/mol. The number of hydrogen-bond acceptors (Lipinski definition) is 3. The molecule has 0 unspecified atom stereocenters. The molecule has 0 bridgehead atoms. The molecule has 0 aliphatic heterocycles. The molecule has 0 aromatic carbocycles. The number of halogens is 1. The lowest BCUT2D eigenvalue weighted by Crippen LogP contribution is -2.32. The van der Waals surface area contributed by atoms with Gasteiger partial charge in [-0.3, -0.25) is 10.8 Å². The van der Waals surface area contributed by atoms with Gasteiger partial charge in [-0.1, -0.05) is 25.4 Å². The molecule has 0 fully saturated rings. The van der Waals surface area contributed by atoms with Gasteiger partial charge < -0.3 is 0 Å². The second kappa shape index (κ2) is 3.92. The first-order valence-electron chi connectivity index (χ1n) is 4.33. The van der Waals surface area contributed by atoms with E-state index in [9.17, 15) is 0 Å². The fourth-order valence-corrected chi connectivity index (χ4v) is 1.10. The second-order valence-corrected chi connectivity index (χ2v) is 3.81. The average Bonchev–Trinajstić information content (AvgIpc) is 2.10. The van der Waals surface area contributed by atoms with Gasteiger partial charge in [0.2, 0.25) is 0 Å². The molecule has 0 saturated heterocycles. The Morgan fingerprint density at radius 1 is 1.57 bits per heavy atom. The van der Waals surface area contributed by atoms with Gasteiger partial charge >= 0.3 is 0 Å². The summed E-state index contributed by atoms with van der Waals surface area (Å²) in [7, 11) is 0. The number of nitrogens with one attached hydrogen (secondary N) is 2. The van der Waals surface area contributed by atoms with Gasteiger partial charge in [0.05, 0.1) is 0 Å². The molecule has 1 rings (SSSR count). The maximum Gasteiger partial charge on any atom is 0.153 e. The summed E-state index contributed by atoms with van der Waals surface area (Å²) in [6.07, 6.45) is 0. The third kappa shape index (κ3) is 2.01. The van der Waals surface area contributed by atoms with E-state index in [1.165, 1.54) is 4.68 Å². The van der Waals surface area contributed by atoms with Crippen LogP contribution >= 0.6 is 11.6 Å². The Balaban J connectivity index is 3.30. The fourth-order valence-electron chi connectivity index (χ4n) is 0.975. The van der Waals surface area contributed by atoms with Gasteiger partial charge in [-0.2, -0.15) is 5.10 Å². The molecule has 4 nitrogen and oxygen atoms in total. The van der Waals surface area contributed by atoms with Crippen LogP contribution in [-0.4, -0.2) is 15.6 Å². The van der Waals surface area contributed by atoms with E-state index in [0.29, 0.717) is 5.15 Å². The number of rotatable bonds is 1. The van der Waals surface area contributed by atoms with Crippen LogP contribution in [0.25, 0.3) is 0 Å². The summed E-state index contributed by atoms with van der Waals surface area (Å²) in [4.78, 5) is 0. The van der Waals surface area contributed by atoms with E-state index in [-0.39, 0.29) is 17.2 Å². The van der Waals surface area contributed by atoms with Gasteiger partial charge in [-0.05, 0) is 18.6 Å². The Labute approximate surface area is 87.5 Å². The van der Waals surface area contributed by atoms with Gasteiger partial charge in [0.1, 0.15) is 11.3 Å². The molecule has 0 aliphatic carbocycles. The van der Waals surface area contributed by atoms with Crippen LogP contribution in [-0.2, 0) is 0 Å². The second-order valence-electron chi connectivity index (χ2n) is 3.46. The van der Waals surface area contributed by atoms with Gasteiger partial charge in [0, 0.05) is 5.92 Å². The van der Waals surface area contributed by atoms with Crippen molar-refractivity contribution >= 4 is 17.4 Å². The van der Waals surface area contributed by atoms with Gasteiger partial charge in [0.15, 0.2) is 5.15 Å². The number of nitrogens with zero attached hydrogens (tertiary/aromatic N) is 2. The van der Waals surface area contributed by atoms with Crippen molar-refractivity contribution in [2.24, 2.45) is 5.92 Å². The number of aryl methyl sites for hydroxylation is 1. The molecular formula is C9H13ClN4. The largest absolute Gasteiger partial charge is 0.286 e. The topological polar surface area (TPSA) is 65.5 Å². The third-order valence-electron chi connectivity index (χ3n) is 1.87. The predicted octanol–water partition coefficient (Wildman–Crippen LogP) is 1.81. The van der Waals surface area contributed by atoms with Gasteiger partial charge in [0.25, 0.3) is 0 Å². The van der Waals surface area contributed by atoms with Crippen molar-refractivity contribution in [2.45, 2.75) is 20.8 Å². The summed E-state index contributed by atoms with van der Waals surface area (Å²) >= 11 is 5.82. The SMILES string of the molecule is Cc1cc(=N)n(C(=N)C(C)C)nc1Cl. The minimum Gasteiger partial charge on any atom is -0.286 e. The van der Waals surface area contributed by atoms with Crippen molar-refractivity contribution in [3.63, 3.8) is 0 Å². The smallest absolute Gasteiger partial charge is 0.153 e. The molecule has 0 aliphatic rings. The van der Waals surface area contributed by atoms with E-state index < -0.39 is 0 Å². The lowest BCUT2D eigenvalue weighted by molar-refractivity contribution is 0.726. The lowest BCUT2D eigenvalue weighted by atomic mass is 10.2. The highest BCUT2D eigenvalue weighted by atomic mass is 35.5. The zero-order valence-corrected chi connectivity index (χ0v) is 9.18. The Morgan fingerprint density at radius 3 is 2.64 bits per heavy atom. The number of aromatic nitrogens is 2. The Kier molecular flexibility index (Phi) is 3.06. The molecule has 14 heavy (non-hydrogen) atoms. The normalized spacial score (nSPS) is 10.6. The average molecular weight is 213 g/mol. The molecule has 1 heterocycles. The minimum atomic E-state index is 0.0235. The monoisotopic (exact) mass is 212 g/mol. The van der Waals surface area contributed by atoms with Crippen LogP contribution < -0.4 is 5.49 Å². The first-order valence-corrected chi connectivity index (χ1v) is 4.71. The highest BCUT2D eigenvalue weighted by molar-refractivity contribution is 6.30. The molecule has 0 saturated carbocycles. The Morgan fingerprint density at radius 2 is 2.14 bits per heavy atom. The standard InChI is InChI=1S/C9H13ClN4/c1-5(2)9(12)14-7(11)4-6(3)8(10)13-14/h4-5,11-12H,1-3H3.